The monoisotopic (exact) mass is 450 g/mol. The van der Waals surface area contributed by atoms with Gasteiger partial charge in [-0.15, -0.1) is 11.3 Å². The Bertz CT molecular complexity index is 1070. The predicted molar refractivity (Wildman–Crippen MR) is 115 cm³/mol. The average Bonchev–Trinajstić information content (AvgIpc) is 3.19. The molecule has 0 spiro atoms. The van der Waals surface area contributed by atoms with Gasteiger partial charge in [0.15, 0.2) is 0 Å². The highest BCUT2D eigenvalue weighted by Crippen LogP contribution is 2.42. The number of thiophene rings is 1. The molecule has 164 valence electrons. The first-order chi connectivity index (χ1) is 14.7. The van der Waals surface area contributed by atoms with Crippen molar-refractivity contribution >= 4 is 33.0 Å². The van der Waals surface area contributed by atoms with Crippen molar-refractivity contribution < 1.29 is 22.4 Å². The molecule has 0 unspecified atom stereocenters. The molecule has 2 aromatic carbocycles. The lowest BCUT2D eigenvalue weighted by Gasteiger charge is -2.36. The van der Waals surface area contributed by atoms with Crippen LogP contribution in [0.5, 0.6) is 0 Å². The topological polar surface area (TPSA) is 32.3 Å². The number of hydrogen-bond donors (Lipinski definition) is 1. The van der Waals surface area contributed by atoms with Crippen molar-refractivity contribution in [1.82, 2.24) is 5.32 Å². The van der Waals surface area contributed by atoms with E-state index < -0.39 is 11.1 Å². The van der Waals surface area contributed by atoms with Crippen LogP contribution >= 0.6 is 11.3 Å². The fraction of sp³-hybridized carbons (Fsp3) is 0.348. The van der Waals surface area contributed by atoms with Crippen LogP contribution in [0.2, 0.25) is 0 Å². The summed E-state index contributed by atoms with van der Waals surface area (Å²) in [7, 11) is 1.92. The number of fused-ring (bicyclic) bond motifs is 1. The first-order valence-electron chi connectivity index (χ1n) is 10.1. The molecule has 1 amide bonds. The van der Waals surface area contributed by atoms with E-state index in [4.69, 9.17) is 0 Å². The van der Waals surface area contributed by atoms with E-state index in [1.165, 1.54) is 30.3 Å². The number of halogens is 4. The summed E-state index contributed by atoms with van der Waals surface area (Å²) in [6.07, 6.45) is -1.16. The zero-order chi connectivity index (χ0) is 22.2. The van der Waals surface area contributed by atoms with Crippen LogP contribution in [-0.2, 0) is 6.18 Å². The Kier molecular flexibility index (Phi) is 5.92. The molecule has 0 atom stereocenters. The van der Waals surface area contributed by atoms with Crippen molar-refractivity contribution in [3.8, 4) is 0 Å². The summed E-state index contributed by atoms with van der Waals surface area (Å²) in [6, 6.07) is 12.2. The van der Waals surface area contributed by atoms with Crippen molar-refractivity contribution in [2.45, 2.75) is 43.9 Å². The number of benzene rings is 2. The van der Waals surface area contributed by atoms with Crippen molar-refractivity contribution in [3.05, 3.63) is 64.8 Å². The van der Waals surface area contributed by atoms with E-state index in [1.807, 2.05) is 13.1 Å². The number of amides is 1. The molecule has 1 saturated carbocycles. The number of rotatable bonds is 4. The average molecular weight is 451 g/mol. The van der Waals surface area contributed by atoms with E-state index in [1.54, 1.807) is 12.1 Å². The first kappa shape index (κ1) is 21.6. The highest BCUT2D eigenvalue weighted by atomic mass is 32.1. The number of hydrogen-bond acceptors (Lipinski definition) is 3. The van der Waals surface area contributed by atoms with Crippen molar-refractivity contribution in [2.24, 2.45) is 0 Å². The fourth-order valence-corrected chi connectivity index (χ4v) is 5.22. The molecule has 1 heterocycles. The minimum Gasteiger partial charge on any atom is -0.370 e. The Morgan fingerprint density at radius 3 is 2.39 bits per heavy atom. The highest BCUT2D eigenvalue weighted by Gasteiger charge is 2.33. The molecule has 0 aliphatic heterocycles. The molecule has 0 radical (unpaired) electrons. The SMILES string of the molecule is CN(c1cccc2cc(C(F)(F)F)sc12)[C@H]1CC[C@@H](NC(=O)c2ccc(F)cc2)CC1. The second-order valence-corrected chi connectivity index (χ2v) is 8.95. The van der Waals surface area contributed by atoms with Crippen LogP contribution in [0.15, 0.2) is 48.5 Å². The molecular weight excluding hydrogens is 428 g/mol. The second kappa shape index (κ2) is 8.49. The summed E-state index contributed by atoms with van der Waals surface area (Å²) >= 11 is 0.780. The zero-order valence-electron chi connectivity index (χ0n) is 16.9. The predicted octanol–water partition coefficient (Wildman–Crippen LogP) is 6.24. The number of alkyl halides is 3. The van der Waals surface area contributed by atoms with Crippen molar-refractivity contribution in [2.75, 3.05) is 11.9 Å². The van der Waals surface area contributed by atoms with Gasteiger partial charge in [-0.2, -0.15) is 13.2 Å². The third-order valence-corrected chi connectivity index (χ3v) is 7.09. The molecule has 8 heteroatoms. The number of carbonyl (C=O) groups is 1. The fourth-order valence-electron chi connectivity index (χ4n) is 4.14. The van der Waals surface area contributed by atoms with Crippen LogP contribution in [0, 0.1) is 5.82 Å². The van der Waals surface area contributed by atoms with Crippen LogP contribution < -0.4 is 10.2 Å². The molecule has 4 rings (SSSR count). The van der Waals surface area contributed by atoms with Gasteiger partial charge >= 0.3 is 6.18 Å². The summed E-state index contributed by atoms with van der Waals surface area (Å²) in [5.74, 6) is -0.608. The Balaban J connectivity index is 1.41. The van der Waals surface area contributed by atoms with E-state index in [0.717, 1.165) is 42.7 Å². The summed E-state index contributed by atoms with van der Waals surface area (Å²) in [6.45, 7) is 0. The normalized spacial score (nSPS) is 19.4. The maximum Gasteiger partial charge on any atom is 0.425 e. The molecule has 1 aliphatic rings. The molecule has 0 saturated heterocycles. The van der Waals surface area contributed by atoms with Crippen molar-refractivity contribution in [3.63, 3.8) is 0 Å². The van der Waals surface area contributed by atoms with Gasteiger partial charge in [0.05, 0.1) is 10.4 Å². The van der Waals surface area contributed by atoms with E-state index in [-0.39, 0.29) is 23.8 Å². The van der Waals surface area contributed by atoms with Crippen molar-refractivity contribution in [1.29, 1.82) is 0 Å². The molecule has 1 aromatic heterocycles. The Labute approximate surface area is 181 Å². The molecule has 1 aliphatic carbocycles. The Hall–Kier alpha value is -2.61. The molecular formula is C23H22F4N2OS. The zero-order valence-corrected chi connectivity index (χ0v) is 17.7. The second-order valence-electron chi connectivity index (χ2n) is 7.90. The smallest absolute Gasteiger partial charge is 0.370 e. The number of nitrogens with zero attached hydrogens (tertiary/aromatic N) is 1. The van der Waals surface area contributed by atoms with E-state index in [0.29, 0.717) is 15.6 Å². The minimum absolute atomic E-state index is 0.0246. The lowest BCUT2D eigenvalue weighted by molar-refractivity contribution is -0.134. The number of carbonyl (C=O) groups excluding carboxylic acids is 1. The standard InChI is InChI=1S/C23H22F4N2OS/c1-29(19-4-2-3-15-13-20(23(25,26)27)31-21(15)19)18-11-9-17(10-12-18)28-22(30)14-5-7-16(24)8-6-14/h2-8,13,17-18H,9-12H2,1H3,(H,28,30)/t17-,18+. The largest absolute Gasteiger partial charge is 0.425 e. The molecule has 1 N–H and O–H groups in total. The molecule has 3 aromatic rings. The van der Waals surface area contributed by atoms with E-state index in [9.17, 15) is 22.4 Å². The van der Waals surface area contributed by atoms with Gasteiger partial charge in [-0.3, -0.25) is 4.79 Å². The lowest BCUT2D eigenvalue weighted by Crippen LogP contribution is -2.42. The van der Waals surface area contributed by atoms with Gasteiger partial charge in [-0.05, 0) is 67.5 Å². The molecule has 31 heavy (non-hydrogen) atoms. The van der Waals surface area contributed by atoms with Crippen LogP contribution in [0.3, 0.4) is 0 Å². The highest BCUT2D eigenvalue weighted by molar-refractivity contribution is 7.19. The Morgan fingerprint density at radius 2 is 1.74 bits per heavy atom. The van der Waals surface area contributed by atoms with Gasteiger partial charge in [-0.1, -0.05) is 12.1 Å². The van der Waals surface area contributed by atoms with Gasteiger partial charge < -0.3 is 10.2 Å². The third kappa shape index (κ3) is 4.69. The first-order valence-corrected chi connectivity index (χ1v) is 10.9. The van der Waals surface area contributed by atoms with Crippen LogP contribution in [0.1, 0.15) is 40.9 Å². The number of anilines is 1. The molecule has 1 fully saturated rings. The summed E-state index contributed by atoms with van der Waals surface area (Å²) in [5, 5.41) is 3.60. The number of nitrogens with one attached hydrogen (secondary N) is 1. The Morgan fingerprint density at radius 1 is 1.06 bits per heavy atom. The van der Waals surface area contributed by atoms with Gasteiger partial charge in [-0.25, -0.2) is 4.39 Å². The summed E-state index contributed by atoms with van der Waals surface area (Å²) in [4.78, 5) is 13.8. The molecule has 3 nitrogen and oxygen atoms in total. The maximum atomic E-state index is 13.1. The van der Waals surface area contributed by atoms with Crippen LogP contribution in [0.4, 0.5) is 23.2 Å². The third-order valence-electron chi connectivity index (χ3n) is 5.87. The van der Waals surface area contributed by atoms with Crippen LogP contribution in [0.25, 0.3) is 10.1 Å². The van der Waals surface area contributed by atoms with E-state index >= 15 is 0 Å². The van der Waals surface area contributed by atoms with Gasteiger partial charge in [0.2, 0.25) is 0 Å². The lowest BCUT2D eigenvalue weighted by atomic mass is 9.90. The summed E-state index contributed by atoms with van der Waals surface area (Å²) < 4.78 is 53.1. The van der Waals surface area contributed by atoms with Gasteiger partial charge in [0, 0.05) is 24.7 Å². The minimum atomic E-state index is -4.35. The van der Waals surface area contributed by atoms with Crippen LogP contribution in [-0.4, -0.2) is 25.0 Å². The van der Waals surface area contributed by atoms with Gasteiger partial charge in [0.25, 0.3) is 5.91 Å². The quantitative estimate of drug-likeness (QED) is 0.478. The van der Waals surface area contributed by atoms with Gasteiger partial charge in [0.1, 0.15) is 10.7 Å². The molecule has 0 bridgehead atoms. The van der Waals surface area contributed by atoms with E-state index in [2.05, 4.69) is 10.2 Å². The maximum absolute atomic E-state index is 13.1. The summed E-state index contributed by atoms with van der Waals surface area (Å²) in [5.41, 5.74) is 1.22.